The summed E-state index contributed by atoms with van der Waals surface area (Å²) in [5.41, 5.74) is 5.35. The Hall–Kier alpha value is -2.11. The second kappa shape index (κ2) is 10.1. The Balaban J connectivity index is 1.58. The van der Waals surface area contributed by atoms with Crippen molar-refractivity contribution in [1.82, 2.24) is 9.80 Å². The van der Waals surface area contributed by atoms with E-state index >= 15 is 0 Å². The Bertz CT molecular complexity index is 758. The molecule has 1 saturated carbocycles. The van der Waals surface area contributed by atoms with E-state index in [9.17, 15) is 9.90 Å². The lowest BCUT2D eigenvalue weighted by Crippen LogP contribution is -2.45. The smallest absolute Gasteiger partial charge is 0.146 e. The fourth-order valence-corrected chi connectivity index (χ4v) is 4.46. The molecule has 1 aliphatic carbocycles. The summed E-state index contributed by atoms with van der Waals surface area (Å²) in [5, 5.41) is 13.0. The van der Waals surface area contributed by atoms with Gasteiger partial charge >= 0.3 is 0 Å². The Morgan fingerprint density at radius 1 is 1.34 bits per heavy atom. The van der Waals surface area contributed by atoms with Gasteiger partial charge < -0.3 is 15.3 Å². The standard InChI is InChI=1S/C24H35N3O2/c1-4-19(17-28)11-22-7-5-21(13-24(22)25-3)15-26-9-10-27(18(2)14-26)16-20-6-8-23(29)12-20/h5,7,11,13,17,20,23,25,29H,2,4,6,8-10,12,14-16H2,1,3H3/b19-11-. The van der Waals surface area contributed by atoms with Gasteiger partial charge in [0, 0.05) is 51.2 Å². The SMILES string of the molecule is C=C1CN(Cc2ccc(/C=C(\C=O)CC)c(NC)c2)CCN1CC1CCC(O)C1. The van der Waals surface area contributed by atoms with Gasteiger partial charge in [-0.25, -0.2) is 0 Å². The number of hydrogen-bond donors (Lipinski definition) is 2. The van der Waals surface area contributed by atoms with Crippen molar-refractivity contribution >= 4 is 18.0 Å². The minimum atomic E-state index is -0.103. The van der Waals surface area contributed by atoms with Crippen LogP contribution in [-0.2, 0) is 11.3 Å². The van der Waals surface area contributed by atoms with Crippen molar-refractivity contribution in [2.75, 3.05) is 38.5 Å². The Morgan fingerprint density at radius 3 is 2.79 bits per heavy atom. The van der Waals surface area contributed by atoms with E-state index in [4.69, 9.17) is 0 Å². The van der Waals surface area contributed by atoms with Crippen LogP contribution in [0.3, 0.4) is 0 Å². The maximum Gasteiger partial charge on any atom is 0.146 e. The molecule has 5 heteroatoms. The number of piperazine rings is 1. The number of carbonyl (C=O) groups excluding carboxylic acids is 1. The number of benzene rings is 1. The Labute approximate surface area is 175 Å². The number of aldehydes is 1. The molecule has 0 amide bonds. The van der Waals surface area contributed by atoms with Gasteiger partial charge in [-0.1, -0.05) is 25.6 Å². The number of rotatable bonds is 8. The van der Waals surface area contributed by atoms with Gasteiger partial charge in [-0.3, -0.25) is 9.69 Å². The summed E-state index contributed by atoms with van der Waals surface area (Å²) >= 11 is 0. The third-order valence-electron chi connectivity index (χ3n) is 6.23. The Kier molecular flexibility index (Phi) is 7.51. The molecule has 158 valence electrons. The maximum absolute atomic E-state index is 11.1. The van der Waals surface area contributed by atoms with Crippen LogP contribution in [0.5, 0.6) is 0 Å². The summed E-state index contributed by atoms with van der Waals surface area (Å²) in [4.78, 5) is 16.0. The van der Waals surface area contributed by atoms with Crippen molar-refractivity contribution in [3.8, 4) is 0 Å². The number of aliphatic hydroxyl groups excluding tert-OH is 1. The Morgan fingerprint density at radius 2 is 2.17 bits per heavy atom. The number of allylic oxidation sites excluding steroid dienone is 1. The van der Waals surface area contributed by atoms with Crippen LogP contribution in [0.15, 0.2) is 36.0 Å². The lowest BCUT2D eigenvalue weighted by Gasteiger charge is -2.39. The molecule has 1 aromatic rings. The number of carbonyl (C=O) groups is 1. The molecular weight excluding hydrogens is 362 g/mol. The molecule has 5 nitrogen and oxygen atoms in total. The van der Waals surface area contributed by atoms with Crippen LogP contribution < -0.4 is 5.32 Å². The van der Waals surface area contributed by atoms with Crippen LogP contribution in [-0.4, -0.2) is 60.5 Å². The van der Waals surface area contributed by atoms with Crippen molar-refractivity contribution in [2.45, 2.75) is 45.3 Å². The first-order valence-corrected chi connectivity index (χ1v) is 10.8. The highest BCUT2D eigenvalue weighted by molar-refractivity contribution is 5.84. The van der Waals surface area contributed by atoms with Crippen molar-refractivity contribution in [3.05, 3.63) is 47.2 Å². The first-order valence-electron chi connectivity index (χ1n) is 10.8. The molecule has 1 aliphatic heterocycles. The van der Waals surface area contributed by atoms with Crippen LogP contribution in [0.4, 0.5) is 5.69 Å². The topological polar surface area (TPSA) is 55.8 Å². The minimum absolute atomic E-state index is 0.103. The summed E-state index contributed by atoms with van der Waals surface area (Å²) in [6, 6.07) is 6.43. The molecule has 2 aliphatic rings. The van der Waals surface area contributed by atoms with Crippen LogP contribution in [0, 0.1) is 5.92 Å². The largest absolute Gasteiger partial charge is 0.393 e. The molecule has 2 atom stereocenters. The van der Waals surface area contributed by atoms with E-state index in [0.29, 0.717) is 5.92 Å². The highest BCUT2D eigenvalue weighted by Gasteiger charge is 2.27. The van der Waals surface area contributed by atoms with E-state index in [1.165, 1.54) is 11.3 Å². The van der Waals surface area contributed by atoms with Crippen LogP contribution in [0.25, 0.3) is 6.08 Å². The van der Waals surface area contributed by atoms with E-state index in [2.05, 4.69) is 39.9 Å². The molecule has 0 bridgehead atoms. The predicted molar refractivity (Wildman–Crippen MR) is 120 cm³/mol. The van der Waals surface area contributed by atoms with Gasteiger partial charge in [0.05, 0.1) is 6.10 Å². The van der Waals surface area contributed by atoms with E-state index in [1.54, 1.807) is 0 Å². The van der Waals surface area contributed by atoms with Gasteiger partial charge in [-0.05, 0) is 60.4 Å². The van der Waals surface area contributed by atoms with Gasteiger partial charge in [0.2, 0.25) is 0 Å². The fourth-order valence-electron chi connectivity index (χ4n) is 4.46. The van der Waals surface area contributed by atoms with Gasteiger partial charge in [-0.15, -0.1) is 0 Å². The van der Waals surface area contributed by atoms with Gasteiger partial charge in [0.15, 0.2) is 0 Å². The molecule has 1 heterocycles. The van der Waals surface area contributed by atoms with Crippen molar-refractivity contribution < 1.29 is 9.90 Å². The summed E-state index contributed by atoms with van der Waals surface area (Å²) in [7, 11) is 1.92. The van der Waals surface area contributed by atoms with Crippen molar-refractivity contribution in [2.24, 2.45) is 5.92 Å². The van der Waals surface area contributed by atoms with Gasteiger partial charge in [0.1, 0.15) is 6.29 Å². The normalized spacial score (nSPS) is 23.5. The summed E-state index contributed by atoms with van der Waals surface area (Å²) < 4.78 is 0. The number of nitrogens with zero attached hydrogens (tertiary/aromatic N) is 2. The van der Waals surface area contributed by atoms with Gasteiger partial charge in [-0.2, -0.15) is 0 Å². The zero-order valence-electron chi connectivity index (χ0n) is 17.9. The monoisotopic (exact) mass is 397 g/mol. The molecule has 2 fully saturated rings. The molecule has 2 N–H and O–H groups in total. The number of nitrogens with one attached hydrogen (secondary N) is 1. The highest BCUT2D eigenvalue weighted by Crippen LogP contribution is 2.28. The third kappa shape index (κ3) is 5.71. The molecular formula is C24H35N3O2. The highest BCUT2D eigenvalue weighted by atomic mass is 16.3. The molecule has 1 saturated heterocycles. The minimum Gasteiger partial charge on any atom is -0.393 e. The molecule has 0 radical (unpaired) electrons. The fraction of sp³-hybridized carbons (Fsp3) is 0.542. The van der Waals surface area contributed by atoms with Crippen molar-refractivity contribution in [3.63, 3.8) is 0 Å². The number of hydrogen-bond acceptors (Lipinski definition) is 5. The zero-order chi connectivity index (χ0) is 20.8. The lowest BCUT2D eigenvalue weighted by atomic mass is 10.0. The quantitative estimate of drug-likeness (QED) is 0.519. The van der Waals surface area contributed by atoms with Crippen LogP contribution in [0.2, 0.25) is 0 Å². The summed E-state index contributed by atoms with van der Waals surface area (Å²) in [5.74, 6) is 0.603. The average molecular weight is 398 g/mol. The number of aliphatic hydroxyl groups is 1. The average Bonchev–Trinajstić information content (AvgIpc) is 3.13. The first kappa shape index (κ1) is 21.6. The zero-order valence-corrected chi connectivity index (χ0v) is 17.9. The summed E-state index contributed by atoms with van der Waals surface area (Å²) in [6.07, 6.45) is 6.54. The van der Waals surface area contributed by atoms with E-state index in [0.717, 1.165) is 81.5 Å². The van der Waals surface area contributed by atoms with Crippen molar-refractivity contribution in [1.29, 1.82) is 0 Å². The lowest BCUT2D eigenvalue weighted by molar-refractivity contribution is -0.104. The maximum atomic E-state index is 11.1. The molecule has 2 unspecified atom stereocenters. The molecule has 29 heavy (non-hydrogen) atoms. The summed E-state index contributed by atoms with van der Waals surface area (Å²) in [6.45, 7) is 11.1. The van der Waals surface area contributed by atoms with E-state index in [1.807, 2.05) is 20.0 Å². The van der Waals surface area contributed by atoms with Gasteiger partial charge in [0.25, 0.3) is 0 Å². The molecule has 1 aromatic carbocycles. The number of anilines is 1. The van der Waals surface area contributed by atoms with Crippen LogP contribution >= 0.6 is 0 Å². The molecule has 0 aromatic heterocycles. The molecule has 0 spiro atoms. The second-order valence-electron chi connectivity index (χ2n) is 8.42. The third-order valence-corrected chi connectivity index (χ3v) is 6.23. The van der Waals surface area contributed by atoms with E-state index < -0.39 is 0 Å². The van der Waals surface area contributed by atoms with Crippen LogP contribution in [0.1, 0.15) is 43.7 Å². The first-order chi connectivity index (χ1) is 14.0. The predicted octanol–water partition coefficient (Wildman–Crippen LogP) is 3.51. The van der Waals surface area contributed by atoms with E-state index in [-0.39, 0.29) is 6.10 Å². The second-order valence-corrected chi connectivity index (χ2v) is 8.42. The molecule has 3 rings (SSSR count).